The summed E-state index contributed by atoms with van der Waals surface area (Å²) >= 11 is 0. The van der Waals surface area contributed by atoms with Crippen LogP contribution < -0.4 is 0 Å². The lowest BCUT2D eigenvalue weighted by molar-refractivity contribution is 1.07. The van der Waals surface area contributed by atoms with E-state index in [0.29, 0.717) is 17.5 Å². The van der Waals surface area contributed by atoms with Gasteiger partial charge in [-0.15, -0.1) is 0 Å². The monoisotopic (exact) mass is 702 g/mol. The Kier molecular flexibility index (Phi) is 8.12. The maximum Gasteiger partial charge on any atom is 0.164 e. The van der Waals surface area contributed by atoms with Gasteiger partial charge in [0.2, 0.25) is 0 Å². The topological polar surface area (TPSA) is 43.6 Å². The molecule has 0 saturated heterocycles. The Balaban J connectivity index is 1.19. The first-order chi connectivity index (χ1) is 27.3. The third kappa shape index (κ3) is 5.77. The van der Waals surface area contributed by atoms with Crippen LogP contribution in [0, 0.1) is 0 Å². The van der Waals surface area contributed by atoms with E-state index < -0.39 is 0 Å². The van der Waals surface area contributed by atoms with E-state index in [9.17, 15) is 0 Å². The number of rotatable bonds is 7. The lowest BCUT2D eigenvalue weighted by Gasteiger charge is -2.16. The number of hydrogen-bond acceptors (Lipinski definition) is 3. The van der Waals surface area contributed by atoms with E-state index in [0.717, 1.165) is 50.2 Å². The van der Waals surface area contributed by atoms with Crippen molar-refractivity contribution in [2.24, 2.45) is 0 Å². The van der Waals surface area contributed by atoms with E-state index in [1.807, 2.05) is 30.3 Å². The summed E-state index contributed by atoms with van der Waals surface area (Å²) in [6.45, 7) is 0. The summed E-state index contributed by atoms with van der Waals surface area (Å²) in [7, 11) is 0. The van der Waals surface area contributed by atoms with Crippen molar-refractivity contribution in [3.8, 4) is 73.2 Å². The van der Waals surface area contributed by atoms with Crippen molar-refractivity contribution in [3.63, 3.8) is 0 Å². The quantitative estimate of drug-likeness (QED) is 0.166. The van der Waals surface area contributed by atoms with E-state index in [2.05, 4.69) is 180 Å². The summed E-state index contributed by atoms with van der Waals surface area (Å²) in [4.78, 5) is 15.6. The van der Waals surface area contributed by atoms with Crippen LogP contribution >= 0.6 is 0 Å². The first kappa shape index (κ1) is 32.2. The van der Waals surface area contributed by atoms with E-state index in [1.165, 1.54) is 27.4 Å². The first-order valence-electron chi connectivity index (χ1n) is 18.5. The predicted molar refractivity (Wildman–Crippen MR) is 227 cm³/mol. The SMILES string of the molecule is c1ccc(-c2nc(-c3ccccc3-c3ccccc3)nc(-c3ccccc3-c3ccccc3-c3cccc4c3c3ccccc3n4-c3ccccc3)n2)cc1. The molecule has 4 heteroatoms. The highest BCUT2D eigenvalue weighted by Crippen LogP contribution is 2.43. The average molecular weight is 703 g/mol. The Bertz CT molecular complexity index is 2970. The zero-order valence-corrected chi connectivity index (χ0v) is 29.9. The standard InChI is InChI=1S/C51H34N4/c1-4-19-35(20-5-1)38-25-10-14-29-43(38)50-52-49(36-21-6-2-7-22-36)53-51(54-50)44-30-15-13-28-41(44)39-26-11-12-27-40(39)42-32-18-34-47-48(42)45-31-16-17-33-46(45)55(47)37-23-8-3-9-24-37/h1-34H. The van der Waals surface area contributed by atoms with Crippen molar-refractivity contribution >= 4 is 21.8 Å². The molecule has 0 N–H and O–H groups in total. The molecule has 0 aliphatic rings. The largest absolute Gasteiger partial charge is 0.309 e. The van der Waals surface area contributed by atoms with Crippen LogP contribution in [0.3, 0.4) is 0 Å². The van der Waals surface area contributed by atoms with Crippen LogP contribution in [0.2, 0.25) is 0 Å². The molecule has 0 aliphatic carbocycles. The van der Waals surface area contributed by atoms with Crippen LogP contribution in [-0.2, 0) is 0 Å². The summed E-state index contributed by atoms with van der Waals surface area (Å²) in [5.74, 6) is 1.88. The molecule has 4 nitrogen and oxygen atoms in total. The molecule has 10 aromatic rings. The molecule has 10 rings (SSSR count). The smallest absolute Gasteiger partial charge is 0.164 e. The highest BCUT2D eigenvalue weighted by molar-refractivity contribution is 6.17. The molecular formula is C51H34N4. The van der Waals surface area contributed by atoms with Gasteiger partial charge in [-0.25, -0.2) is 15.0 Å². The summed E-state index contributed by atoms with van der Waals surface area (Å²) < 4.78 is 2.37. The molecule has 2 heterocycles. The third-order valence-electron chi connectivity index (χ3n) is 10.3. The zero-order valence-electron chi connectivity index (χ0n) is 29.9. The van der Waals surface area contributed by atoms with Crippen molar-refractivity contribution in [3.05, 3.63) is 206 Å². The fourth-order valence-corrected chi connectivity index (χ4v) is 7.85. The highest BCUT2D eigenvalue weighted by Gasteiger charge is 2.21. The van der Waals surface area contributed by atoms with Gasteiger partial charge in [-0.1, -0.05) is 182 Å². The number of fused-ring (bicyclic) bond motifs is 3. The summed E-state index contributed by atoms with van der Waals surface area (Å²) in [5, 5.41) is 2.44. The number of aromatic nitrogens is 4. The van der Waals surface area contributed by atoms with Crippen molar-refractivity contribution < 1.29 is 0 Å². The maximum atomic E-state index is 5.28. The van der Waals surface area contributed by atoms with Crippen LogP contribution in [-0.4, -0.2) is 19.5 Å². The normalized spacial score (nSPS) is 11.3. The molecule has 0 bridgehead atoms. The Hall–Kier alpha value is -7.43. The summed E-state index contributed by atoms with van der Waals surface area (Å²) in [5.41, 5.74) is 13.0. The lowest BCUT2D eigenvalue weighted by Crippen LogP contribution is -2.02. The maximum absolute atomic E-state index is 5.28. The second-order valence-corrected chi connectivity index (χ2v) is 13.6. The van der Waals surface area contributed by atoms with E-state index >= 15 is 0 Å². The van der Waals surface area contributed by atoms with Gasteiger partial charge in [-0.05, 0) is 57.6 Å². The van der Waals surface area contributed by atoms with Gasteiger partial charge in [0.25, 0.3) is 0 Å². The van der Waals surface area contributed by atoms with Gasteiger partial charge >= 0.3 is 0 Å². The molecule has 2 aromatic heterocycles. The Morgan fingerprint density at radius 3 is 1.35 bits per heavy atom. The molecule has 0 unspecified atom stereocenters. The van der Waals surface area contributed by atoms with Crippen LogP contribution in [0.25, 0.3) is 95.0 Å². The molecule has 0 saturated carbocycles. The Morgan fingerprint density at radius 1 is 0.273 bits per heavy atom. The fraction of sp³-hybridized carbons (Fsp3) is 0. The molecule has 0 aliphatic heterocycles. The van der Waals surface area contributed by atoms with Crippen molar-refractivity contribution in [2.45, 2.75) is 0 Å². The predicted octanol–water partition coefficient (Wildman–Crippen LogP) is 13.0. The molecule has 0 fully saturated rings. The Morgan fingerprint density at radius 2 is 0.691 bits per heavy atom. The number of benzene rings is 8. The van der Waals surface area contributed by atoms with Gasteiger partial charge in [0.05, 0.1) is 11.0 Å². The number of nitrogens with zero attached hydrogens (tertiary/aromatic N) is 4. The molecule has 258 valence electrons. The van der Waals surface area contributed by atoms with E-state index in [4.69, 9.17) is 15.0 Å². The minimum absolute atomic E-state index is 0.621. The fourth-order valence-electron chi connectivity index (χ4n) is 7.85. The molecule has 0 spiro atoms. The average Bonchev–Trinajstić information content (AvgIpc) is 3.62. The number of hydrogen-bond donors (Lipinski definition) is 0. The molecule has 55 heavy (non-hydrogen) atoms. The molecule has 8 aromatic carbocycles. The second-order valence-electron chi connectivity index (χ2n) is 13.6. The van der Waals surface area contributed by atoms with Crippen molar-refractivity contribution in [1.29, 1.82) is 0 Å². The minimum atomic E-state index is 0.621. The third-order valence-corrected chi connectivity index (χ3v) is 10.3. The van der Waals surface area contributed by atoms with Crippen LogP contribution in [0.1, 0.15) is 0 Å². The van der Waals surface area contributed by atoms with Crippen LogP contribution in [0.5, 0.6) is 0 Å². The van der Waals surface area contributed by atoms with Gasteiger partial charge < -0.3 is 4.57 Å². The van der Waals surface area contributed by atoms with Crippen molar-refractivity contribution in [1.82, 2.24) is 19.5 Å². The van der Waals surface area contributed by atoms with E-state index in [1.54, 1.807) is 0 Å². The van der Waals surface area contributed by atoms with Gasteiger partial charge in [-0.3, -0.25) is 0 Å². The molecule has 0 amide bonds. The Labute approximate surface area is 319 Å². The summed E-state index contributed by atoms with van der Waals surface area (Å²) in [6.07, 6.45) is 0. The van der Waals surface area contributed by atoms with Gasteiger partial charge in [0.15, 0.2) is 17.5 Å². The van der Waals surface area contributed by atoms with Crippen molar-refractivity contribution in [2.75, 3.05) is 0 Å². The zero-order chi connectivity index (χ0) is 36.6. The van der Waals surface area contributed by atoms with Crippen LogP contribution in [0.4, 0.5) is 0 Å². The minimum Gasteiger partial charge on any atom is -0.309 e. The van der Waals surface area contributed by atoms with Gasteiger partial charge in [0, 0.05) is 33.2 Å². The van der Waals surface area contributed by atoms with Crippen LogP contribution in [0.15, 0.2) is 206 Å². The number of para-hydroxylation sites is 2. The summed E-state index contributed by atoms with van der Waals surface area (Å²) in [6, 6.07) is 72.1. The highest BCUT2D eigenvalue weighted by atomic mass is 15.0. The van der Waals surface area contributed by atoms with Gasteiger partial charge in [-0.2, -0.15) is 0 Å². The molecule has 0 atom stereocenters. The first-order valence-corrected chi connectivity index (χ1v) is 18.5. The lowest BCUT2D eigenvalue weighted by atomic mass is 9.89. The van der Waals surface area contributed by atoms with E-state index in [-0.39, 0.29) is 0 Å². The molecular weight excluding hydrogens is 669 g/mol. The van der Waals surface area contributed by atoms with Gasteiger partial charge in [0.1, 0.15) is 0 Å². The second kappa shape index (κ2) is 13.8. The molecule has 0 radical (unpaired) electrons.